The maximum atomic E-state index is 13.8. The van der Waals surface area contributed by atoms with Crippen LogP contribution in [0.4, 0.5) is 4.39 Å². The SMILES string of the molecule is CCC1(O)CCN(S(=O)(=O)c2c(F)cccc2Cl)CC1. The molecule has 1 aliphatic rings. The minimum Gasteiger partial charge on any atom is -0.390 e. The Bertz CT molecular complexity index is 577. The molecule has 0 spiro atoms. The molecule has 112 valence electrons. The summed E-state index contributed by atoms with van der Waals surface area (Å²) in [5.74, 6) is -0.853. The smallest absolute Gasteiger partial charge is 0.247 e. The summed E-state index contributed by atoms with van der Waals surface area (Å²) in [5, 5.41) is 10.00. The van der Waals surface area contributed by atoms with E-state index < -0.39 is 26.3 Å². The van der Waals surface area contributed by atoms with E-state index in [0.717, 1.165) is 6.07 Å². The van der Waals surface area contributed by atoms with Gasteiger partial charge in [0, 0.05) is 13.1 Å². The number of aliphatic hydroxyl groups is 1. The fourth-order valence-corrected chi connectivity index (χ4v) is 4.36. The highest BCUT2D eigenvalue weighted by molar-refractivity contribution is 7.89. The summed E-state index contributed by atoms with van der Waals surface area (Å²) in [6, 6.07) is 3.79. The van der Waals surface area contributed by atoms with Gasteiger partial charge in [0.15, 0.2) is 0 Å². The van der Waals surface area contributed by atoms with E-state index in [1.807, 2.05) is 6.92 Å². The van der Waals surface area contributed by atoms with E-state index in [2.05, 4.69) is 0 Å². The van der Waals surface area contributed by atoms with Gasteiger partial charge in [0.05, 0.1) is 10.6 Å². The largest absolute Gasteiger partial charge is 0.390 e. The van der Waals surface area contributed by atoms with Crippen LogP contribution in [0.5, 0.6) is 0 Å². The van der Waals surface area contributed by atoms with Crippen LogP contribution < -0.4 is 0 Å². The lowest BCUT2D eigenvalue weighted by Gasteiger charge is -2.37. The van der Waals surface area contributed by atoms with Gasteiger partial charge >= 0.3 is 0 Å². The van der Waals surface area contributed by atoms with E-state index in [-0.39, 0.29) is 18.1 Å². The average molecular weight is 322 g/mol. The van der Waals surface area contributed by atoms with E-state index in [1.54, 1.807) is 0 Å². The molecule has 0 aliphatic carbocycles. The van der Waals surface area contributed by atoms with Gasteiger partial charge in [-0.3, -0.25) is 0 Å². The third-order valence-corrected chi connectivity index (χ3v) is 6.23. The Kier molecular flexibility index (Phi) is 4.39. The van der Waals surface area contributed by atoms with Crippen LogP contribution in [0.2, 0.25) is 5.02 Å². The molecule has 4 nitrogen and oxygen atoms in total. The predicted molar refractivity (Wildman–Crippen MR) is 74.6 cm³/mol. The van der Waals surface area contributed by atoms with E-state index >= 15 is 0 Å². The van der Waals surface area contributed by atoms with Crippen molar-refractivity contribution in [2.75, 3.05) is 13.1 Å². The van der Waals surface area contributed by atoms with Gasteiger partial charge in [0.25, 0.3) is 0 Å². The molecule has 0 amide bonds. The Labute approximate surface area is 123 Å². The number of rotatable bonds is 3. The monoisotopic (exact) mass is 321 g/mol. The standard InChI is InChI=1S/C13H17ClFNO3S/c1-2-13(17)6-8-16(9-7-13)20(18,19)12-10(14)4-3-5-11(12)15/h3-5,17H,2,6-9H2,1H3. The molecule has 20 heavy (non-hydrogen) atoms. The highest BCUT2D eigenvalue weighted by Gasteiger charge is 2.37. The summed E-state index contributed by atoms with van der Waals surface area (Å²) < 4.78 is 39.9. The van der Waals surface area contributed by atoms with Crippen molar-refractivity contribution in [1.29, 1.82) is 0 Å². The molecule has 2 rings (SSSR count). The van der Waals surface area contributed by atoms with Crippen molar-refractivity contribution < 1.29 is 17.9 Å². The molecule has 1 aliphatic heterocycles. The predicted octanol–water partition coefficient (Wildman–Crippen LogP) is 2.40. The van der Waals surface area contributed by atoms with Gasteiger partial charge in [-0.15, -0.1) is 0 Å². The van der Waals surface area contributed by atoms with Crippen LogP contribution in [-0.2, 0) is 10.0 Å². The molecule has 0 radical (unpaired) electrons. The summed E-state index contributed by atoms with van der Waals surface area (Å²) in [6.45, 7) is 2.19. The molecule has 0 saturated carbocycles. The highest BCUT2D eigenvalue weighted by Crippen LogP contribution is 2.32. The van der Waals surface area contributed by atoms with Crippen LogP contribution in [-0.4, -0.2) is 36.5 Å². The number of piperidine rings is 1. The van der Waals surface area contributed by atoms with Gasteiger partial charge in [-0.25, -0.2) is 12.8 Å². The molecule has 1 fully saturated rings. The van der Waals surface area contributed by atoms with Crippen LogP contribution in [0.1, 0.15) is 26.2 Å². The van der Waals surface area contributed by atoms with Crippen LogP contribution >= 0.6 is 11.6 Å². The van der Waals surface area contributed by atoms with Gasteiger partial charge in [-0.2, -0.15) is 4.31 Å². The first kappa shape index (κ1) is 15.7. The molecule has 7 heteroatoms. The molecule has 1 heterocycles. The second-order valence-electron chi connectivity index (χ2n) is 5.03. The Morgan fingerprint density at radius 3 is 2.50 bits per heavy atom. The molecule has 0 atom stereocenters. The number of halogens is 2. The number of nitrogens with zero attached hydrogens (tertiary/aromatic N) is 1. The Morgan fingerprint density at radius 2 is 2.00 bits per heavy atom. The third kappa shape index (κ3) is 2.83. The second kappa shape index (κ2) is 5.60. The normalized spacial score (nSPS) is 20.0. The van der Waals surface area contributed by atoms with Gasteiger partial charge < -0.3 is 5.11 Å². The van der Waals surface area contributed by atoms with Crippen molar-refractivity contribution in [3.8, 4) is 0 Å². The summed E-state index contributed by atoms with van der Waals surface area (Å²) >= 11 is 5.82. The summed E-state index contributed by atoms with van der Waals surface area (Å²) in [5.41, 5.74) is -0.828. The minimum absolute atomic E-state index is 0.124. The molecule has 1 aromatic rings. The number of sulfonamides is 1. The van der Waals surface area contributed by atoms with Crippen molar-refractivity contribution in [2.24, 2.45) is 0 Å². The van der Waals surface area contributed by atoms with Gasteiger partial charge in [0.2, 0.25) is 10.0 Å². The zero-order chi connectivity index (χ0) is 15.0. The van der Waals surface area contributed by atoms with E-state index in [1.165, 1.54) is 16.4 Å². The topological polar surface area (TPSA) is 57.6 Å². The molecular weight excluding hydrogens is 305 g/mol. The third-order valence-electron chi connectivity index (χ3n) is 3.83. The maximum Gasteiger partial charge on any atom is 0.247 e. The van der Waals surface area contributed by atoms with Crippen molar-refractivity contribution >= 4 is 21.6 Å². The van der Waals surface area contributed by atoms with Gasteiger partial charge in [-0.1, -0.05) is 24.6 Å². The Hall–Kier alpha value is -0.690. The molecule has 1 N–H and O–H groups in total. The van der Waals surface area contributed by atoms with Crippen molar-refractivity contribution in [1.82, 2.24) is 4.31 Å². The summed E-state index contributed by atoms with van der Waals surface area (Å²) in [4.78, 5) is -0.483. The number of hydrogen-bond acceptors (Lipinski definition) is 3. The van der Waals surface area contributed by atoms with Crippen molar-refractivity contribution in [3.63, 3.8) is 0 Å². The average Bonchev–Trinajstić information content (AvgIpc) is 2.39. The number of benzene rings is 1. The van der Waals surface area contributed by atoms with Crippen LogP contribution in [0.25, 0.3) is 0 Å². The molecule has 0 aromatic heterocycles. The summed E-state index contributed by atoms with van der Waals surface area (Å²) in [7, 11) is -3.97. The van der Waals surface area contributed by atoms with Crippen LogP contribution in [0.3, 0.4) is 0 Å². The van der Waals surface area contributed by atoms with E-state index in [9.17, 15) is 17.9 Å². The van der Waals surface area contributed by atoms with Crippen molar-refractivity contribution in [3.05, 3.63) is 29.0 Å². The second-order valence-corrected chi connectivity index (χ2v) is 7.31. The lowest BCUT2D eigenvalue weighted by Crippen LogP contribution is -2.46. The molecule has 0 bridgehead atoms. The van der Waals surface area contributed by atoms with Crippen molar-refractivity contribution in [2.45, 2.75) is 36.7 Å². The van der Waals surface area contributed by atoms with Gasteiger partial charge in [-0.05, 0) is 31.4 Å². The van der Waals surface area contributed by atoms with E-state index in [4.69, 9.17) is 11.6 Å². The quantitative estimate of drug-likeness (QED) is 0.930. The molecule has 1 saturated heterocycles. The van der Waals surface area contributed by atoms with Crippen LogP contribution in [0, 0.1) is 5.82 Å². The molecular formula is C13H17ClFNO3S. The lowest BCUT2D eigenvalue weighted by molar-refractivity contribution is -0.00804. The Balaban J connectivity index is 2.29. The first-order valence-corrected chi connectivity index (χ1v) is 8.28. The number of hydrogen-bond donors (Lipinski definition) is 1. The zero-order valence-electron chi connectivity index (χ0n) is 11.1. The zero-order valence-corrected chi connectivity index (χ0v) is 12.7. The first-order chi connectivity index (χ1) is 9.30. The highest BCUT2D eigenvalue weighted by atomic mass is 35.5. The lowest BCUT2D eigenvalue weighted by atomic mass is 9.90. The Morgan fingerprint density at radius 1 is 1.40 bits per heavy atom. The minimum atomic E-state index is -3.97. The van der Waals surface area contributed by atoms with Crippen LogP contribution in [0.15, 0.2) is 23.1 Å². The molecule has 1 aromatic carbocycles. The van der Waals surface area contributed by atoms with E-state index in [0.29, 0.717) is 19.3 Å². The molecule has 0 unspecified atom stereocenters. The maximum absolute atomic E-state index is 13.8. The fraction of sp³-hybridized carbons (Fsp3) is 0.538. The fourth-order valence-electron chi connectivity index (χ4n) is 2.35. The summed E-state index contributed by atoms with van der Waals surface area (Å²) in [6.07, 6.45) is 1.25. The van der Waals surface area contributed by atoms with Gasteiger partial charge in [0.1, 0.15) is 10.7 Å². The first-order valence-electron chi connectivity index (χ1n) is 6.47.